The second-order valence-electron chi connectivity index (χ2n) is 9.32. The summed E-state index contributed by atoms with van der Waals surface area (Å²) in [6.07, 6.45) is 1.20. The Kier molecular flexibility index (Phi) is 5.06. The average molecular weight is 488 g/mol. The van der Waals surface area contributed by atoms with E-state index in [0.717, 1.165) is 16.9 Å². The second-order valence-corrected chi connectivity index (χ2v) is 9.32. The van der Waals surface area contributed by atoms with E-state index in [9.17, 15) is 24.6 Å². The molecule has 1 aromatic heterocycles. The van der Waals surface area contributed by atoms with E-state index in [4.69, 9.17) is 4.74 Å². The van der Waals surface area contributed by atoms with Crippen molar-refractivity contribution in [1.82, 2.24) is 14.9 Å². The minimum atomic E-state index is -1.55. The molecule has 1 unspecified atom stereocenters. The zero-order valence-corrected chi connectivity index (χ0v) is 20.5. The quantitative estimate of drug-likeness (QED) is 0.290. The molecule has 2 aliphatic rings. The molecule has 9 nitrogen and oxygen atoms in total. The maximum absolute atomic E-state index is 13.9. The number of benzene rings is 2. The van der Waals surface area contributed by atoms with Gasteiger partial charge in [0, 0.05) is 24.4 Å². The predicted octanol–water partition coefficient (Wildman–Crippen LogP) is 3.25. The molecule has 2 aromatic carbocycles. The minimum absolute atomic E-state index is 0.00204. The first-order valence-electron chi connectivity index (χ1n) is 11.4. The van der Waals surface area contributed by atoms with Crippen LogP contribution in [-0.2, 0) is 28.6 Å². The smallest absolute Gasteiger partial charge is 0.194 e. The fourth-order valence-corrected chi connectivity index (χ4v) is 5.02. The monoisotopic (exact) mass is 487 g/mol. The standard InChI is InChI=1S/C27H25N3O6/c1-12-23(33)21(14(3)31)25-22(24(12)34)27(4)18(36-25)10-17(32)20(26(27)35)13(2)28-11-19-29-15-8-6-7-9-16(15)30(19)5/h6-10,28,33-34H,11H2,1-5H3. The highest BCUT2D eigenvalue weighted by molar-refractivity contribution is 6.31. The maximum Gasteiger partial charge on any atom is 0.194 e. The van der Waals surface area contributed by atoms with E-state index in [-0.39, 0.29) is 46.1 Å². The molecule has 5 rings (SSSR count). The van der Waals surface area contributed by atoms with Crippen LogP contribution in [0.3, 0.4) is 0 Å². The van der Waals surface area contributed by atoms with Crippen molar-refractivity contribution in [2.24, 2.45) is 7.05 Å². The Bertz CT molecular complexity index is 1590. The zero-order valence-electron chi connectivity index (χ0n) is 20.5. The Balaban J connectivity index is 1.58. The van der Waals surface area contributed by atoms with Crippen LogP contribution in [0.25, 0.3) is 11.0 Å². The molecule has 36 heavy (non-hydrogen) atoms. The highest BCUT2D eigenvalue weighted by Crippen LogP contribution is 2.57. The predicted molar refractivity (Wildman–Crippen MR) is 131 cm³/mol. The number of aryl methyl sites for hydroxylation is 1. The molecular formula is C27H25N3O6. The molecule has 0 fully saturated rings. The SMILES string of the molecule is CC(=O)c1c(O)c(C)c(O)c2c1OC1=CC(=O)C(=C(C)NCc3nc4ccccc4n3C)C(=O)C12C. The molecule has 184 valence electrons. The van der Waals surface area contributed by atoms with Crippen LogP contribution in [0.15, 0.2) is 47.4 Å². The number of hydrogen-bond donors (Lipinski definition) is 3. The Morgan fingerprint density at radius 2 is 1.86 bits per heavy atom. The van der Waals surface area contributed by atoms with E-state index in [1.54, 1.807) is 6.92 Å². The summed E-state index contributed by atoms with van der Waals surface area (Å²) >= 11 is 0. The third-order valence-electron chi connectivity index (χ3n) is 7.15. The van der Waals surface area contributed by atoms with Gasteiger partial charge in [-0.1, -0.05) is 12.1 Å². The van der Waals surface area contributed by atoms with Crippen LogP contribution < -0.4 is 10.1 Å². The number of nitrogens with zero attached hydrogens (tertiary/aromatic N) is 2. The molecule has 1 aliphatic heterocycles. The summed E-state index contributed by atoms with van der Waals surface area (Å²) in [6, 6.07) is 7.69. The number of allylic oxidation sites excluding steroid dienone is 4. The number of aromatic hydroxyl groups is 2. The maximum atomic E-state index is 13.9. The number of imidazole rings is 1. The molecule has 3 aromatic rings. The van der Waals surface area contributed by atoms with E-state index in [0.29, 0.717) is 5.70 Å². The van der Waals surface area contributed by atoms with Gasteiger partial charge in [-0.25, -0.2) is 4.98 Å². The molecule has 2 heterocycles. The summed E-state index contributed by atoms with van der Waals surface area (Å²) in [4.78, 5) is 43.9. The van der Waals surface area contributed by atoms with Gasteiger partial charge in [0.1, 0.15) is 39.8 Å². The van der Waals surface area contributed by atoms with Crippen LogP contribution in [0.2, 0.25) is 0 Å². The fraction of sp³-hybridized carbons (Fsp3) is 0.259. The molecule has 9 heteroatoms. The van der Waals surface area contributed by atoms with E-state index >= 15 is 0 Å². The van der Waals surface area contributed by atoms with Crippen molar-refractivity contribution in [2.75, 3.05) is 0 Å². The van der Waals surface area contributed by atoms with Crippen molar-refractivity contribution in [3.8, 4) is 17.2 Å². The number of phenols is 2. The Hall–Kier alpha value is -4.40. The highest BCUT2D eigenvalue weighted by atomic mass is 16.5. The van der Waals surface area contributed by atoms with Gasteiger partial charge in [0.25, 0.3) is 0 Å². The lowest BCUT2D eigenvalue weighted by Gasteiger charge is -2.29. The number of carbonyl (C=O) groups excluding carboxylic acids is 3. The van der Waals surface area contributed by atoms with E-state index in [1.165, 1.54) is 26.8 Å². The number of aromatic nitrogens is 2. The first kappa shape index (κ1) is 23.3. The first-order chi connectivity index (χ1) is 17.0. The Morgan fingerprint density at radius 1 is 1.17 bits per heavy atom. The largest absolute Gasteiger partial charge is 0.507 e. The number of ketones is 3. The summed E-state index contributed by atoms with van der Waals surface area (Å²) in [6.45, 7) is 6.14. The summed E-state index contributed by atoms with van der Waals surface area (Å²) < 4.78 is 7.73. The number of nitrogens with one attached hydrogen (secondary N) is 1. The topological polar surface area (TPSA) is 131 Å². The molecule has 1 aliphatic carbocycles. The van der Waals surface area contributed by atoms with Gasteiger partial charge in [0.2, 0.25) is 0 Å². The number of phenolic OH excluding ortho intramolecular Hbond substituents is 2. The van der Waals surface area contributed by atoms with Crippen LogP contribution in [0, 0.1) is 6.92 Å². The van der Waals surface area contributed by atoms with Crippen LogP contribution in [0.5, 0.6) is 17.2 Å². The average Bonchev–Trinajstić information content (AvgIpc) is 3.30. The molecule has 1 atom stereocenters. The van der Waals surface area contributed by atoms with Gasteiger partial charge in [0.15, 0.2) is 17.3 Å². The number of Topliss-reactive ketones (excluding diaryl/α,β-unsaturated/α-hetero) is 2. The van der Waals surface area contributed by atoms with Crippen LogP contribution in [-0.4, -0.2) is 37.1 Å². The lowest BCUT2D eigenvalue weighted by atomic mass is 9.70. The Labute approximate surface area is 206 Å². The van der Waals surface area contributed by atoms with Crippen molar-refractivity contribution in [3.63, 3.8) is 0 Å². The zero-order chi connectivity index (χ0) is 26.1. The van der Waals surface area contributed by atoms with Crippen molar-refractivity contribution in [1.29, 1.82) is 0 Å². The minimum Gasteiger partial charge on any atom is -0.507 e. The molecule has 0 bridgehead atoms. The third kappa shape index (κ3) is 3.02. The molecule has 0 saturated heterocycles. The highest BCUT2D eigenvalue weighted by Gasteiger charge is 2.56. The van der Waals surface area contributed by atoms with E-state index in [2.05, 4.69) is 10.3 Å². The second kappa shape index (κ2) is 7.81. The van der Waals surface area contributed by atoms with E-state index < -0.39 is 28.5 Å². The molecule has 0 amide bonds. The summed E-state index contributed by atoms with van der Waals surface area (Å²) in [5.41, 5.74) is 0.492. The number of fused-ring (bicyclic) bond motifs is 4. The Morgan fingerprint density at radius 3 is 2.53 bits per heavy atom. The number of para-hydroxylation sites is 2. The normalized spacial score (nSPS) is 20.1. The molecular weight excluding hydrogens is 462 g/mol. The van der Waals surface area contributed by atoms with Gasteiger partial charge < -0.3 is 24.8 Å². The van der Waals surface area contributed by atoms with Crippen molar-refractivity contribution in [2.45, 2.75) is 39.7 Å². The molecule has 0 spiro atoms. The van der Waals surface area contributed by atoms with Crippen molar-refractivity contribution >= 4 is 28.4 Å². The molecule has 0 radical (unpaired) electrons. The fourth-order valence-electron chi connectivity index (χ4n) is 5.02. The number of hydrogen-bond acceptors (Lipinski definition) is 8. The van der Waals surface area contributed by atoms with Gasteiger partial charge in [-0.2, -0.15) is 0 Å². The molecule has 0 saturated carbocycles. The van der Waals surface area contributed by atoms with Crippen molar-refractivity contribution < 1.29 is 29.3 Å². The van der Waals surface area contributed by atoms with Gasteiger partial charge in [0.05, 0.1) is 28.7 Å². The van der Waals surface area contributed by atoms with Gasteiger partial charge >= 0.3 is 0 Å². The number of rotatable bonds is 4. The lowest BCUT2D eigenvalue weighted by molar-refractivity contribution is -0.123. The lowest BCUT2D eigenvalue weighted by Crippen LogP contribution is -2.41. The van der Waals surface area contributed by atoms with Crippen LogP contribution in [0.4, 0.5) is 0 Å². The summed E-state index contributed by atoms with van der Waals surface area (Å²) in [5, 5.41) is 24.5. The van der Waals surface area contributed by atoms with Gasteiger partial charge in [-0.15, -0.1) is 0 Å². The van der Waals surface area contributed by atoms with Gasteiger partial charge in [-0.05, 0) is 39.8 Å². The number of ether oxygens (including phenoxy) is 1. The van der Waals surface area contributed by atoms with E-state index in [1.807, 2.05) is 35.9 Å². The molecule has 3 N–H and O–H groups in total. The third-order valence-corrected chi connectivity index (χ3v) is 7.15. The van der Waals surface area contributed by atoms with Crippen molar-refractivity contribution in [3.05, 3.63) is 69.9 Å². The number of carbonyl (C=O) groups is 3. The summed E-state index contributed by atoms with van der Waals surface area (Å²) in [7, 11) is 1.89. The van der Waals surface area contributed by atoms with Crippen LogP contribution in [0.1, 0.15) is 48.1 Å². The first-order valence-corrected chi connectivity index (χ1v) is 11.4. The van der Waals surface area contributed by atoms with Crippen LogP contribution >= 0.6 is 0 Å². The van der Waals surface area contributed by atoms with Gasteiger partial charge in [-0.3, -0.25) is 14.4 Å². The summed E-state index contributed by atoms with van der Waals surface area (Å²) in [5.74, 6) is -1.79.